The summed E-state index contributed by atoms with van der Waals surface area (Å²) in [5, 5.41) is 0. The maximum atomic E-state index is 10.1. The smallest absolute Gasteiger partial charge is 0.397 e. The molecule has 0 heterocycles. The van der Waals surface area contributed by atoms with Gasteiger partial charge in [0.2, 0.25) is 0 Å². The molecule has 0 aromatic carbocycles. The number of esters is 1. The molecule has 0 aromatic rings. The van der Waals surface area contributed by atoms with Crippen LogP contribution < -0.4 is 6.15 Å². The summed E-state index contributed by atoms with van der Waals surface area (Å²) in [5.74, 6) is -0.359. The van der Waals surface area contributed by atoms with Gasteiger partial charge in [0.25, 0.3) is 0 Å². The van der Waals surface area contributed by atoms with Crippen molar-refractivity contribution >= 4 is 16.4 Å². The SMILES string of the molecule is C=CC(=O)OCC.CN(C)C.COS(=O)(=O)O.N. The lowest BCUT2D eigenvalue weighted by molar-refractivity contribution is -0.137. The second-order valence-corrected chi connectivity index (χ2v) is 4.08. The molecule has 0 amide bonds. The van der Waals surface area contributed by atoms with Gasteiger partial charge in [-0.3, -0.25) is 8.74 Å². The topological polar surface area (TPSA) is 128 Å². The third-order valence-electron chi connectivity index (χ3n) is 0.664. The lowest BCUT2D eigenvalue weighted by Gasteiger charge is -1.90. The molecule has 0 aliphatic rings. The van der Waals surface area contributed by atoms with E-state index in [2.05, 4.69) is 15.5 Å². The Bertz CT molecular complexity index is 287. The quantitative estimate of drug-likeness (QED) is 0.436. The average molecular weight is 288 g/mol. The Balaban J connectivity index is -0.0000000823. The fourth-order valence-electron chi connectivity index (χ4n) is 0.201. The highest BCUT2D eigenvalue weighted by Gasteiger charge is 1.94. The molecule has 0 atom stereocenters. The molecule has 0 spiro atoms. The molecule has 0 aromatic heterocycles. The van der Waals surface area contributed by atoms with E-state index in [0.717, 1.165) is 13.2 Å². The largest absolute Gasteiger partial charge is 0.463 e. The molecule has 0 fully saturated rings. The van der Waals surface area contributed by atoms with Gasteiger partial charge in [-0.1, -0.05) is 6.58 Å². The van der Waals surface area contributed by atoms with Crippen LogP contribution >= 0.6 is 0 Å². The minimum atomic E-state index is -4.16. The summed E-state index contributed by atoms with van der Waals surface area (Å²) in [4.78, 5) is 12.1. The molecule has 0 aliphatic carbocycles. The van der Waals surface area contributed by atoms with E-state index in [1.165, 1.54) is 0 Å². The number of nitrogens with zero attached hydrogens (tertiary/aromatic N) is 1. The summed E-state index contributed by atoms with van der Waals surface area (Å²) >= 11 is 0. The van der Waals surface area contributed by atoms with Gasteiger partial charge in [0.15, 0.2) is 0 Å². The van der Waals surface area contributed by atoms with Crippen LogP contribution in [0.1, 0.15) is 6.92 Å². The predicted molar refractivity (Wildman–Crippen MR) is 70.0 cm³/mol. The molecule has 112 valence electrons. The zero-order valence-corrected chi connectivity index (χ0v) is 12.4. The Morgan fingerprint density at radius 1 is 1.39 bits per heavy atom. The normalized spacial score (nSPS) is 8.83. The van der Waals surface area contributed by atoms with Crippen molar-refractivity contribution in [2.45, 2.75) is 6.92 Å². The monoisotopic (exact) mass is 288 g/mol. The summed E-state index contributed by atoms with van der Waals surface area (Å²) in [7, 11) is 2.71. The lowest BCUT2D eigenvalue weighted by atomic mass is 10.6. The van der Waals surface area contributed by atoms with Crippen LogP contribution in [0.15, 0.2) is 12.7 Å². The summed E-state index contributed by atoms with van der Waals surface area (Å²) in [5.41, 5.74) is 0. The highest BCUT2D eigenvalue weighted by Crippen LogP contribution is 1.75. The highest BCUT2D eigenvalue weighted by atomic mass is 32.3. The van der Waals surface area contributed by atoms with Crippen molar-refractivity contribution in [1.82, 2.24) is 11.1 Å². The van der Waals surface area contributed by atoms with Crippen molar-refractivity contribution in [1.29, 1.82) is 0 Å². The number of carbonyl (C=O) groups excluding carboxylic acids is 1. The van der Waals surface area contributed by atoms with Crippen LogP contribution in [0.4, 0.5) is 0 Å². The zero-order chi connectivity index (χ0) is 14.5. The molecule has 0 bridgehead atoms. The molecule has 0 unspecified atom stereocenters. The Labute approximate surface area is 109 Å². The first-order valence-electron chi connectivity index (χ1n) is 4.53. The van der Waals surface area contributed by atoms with Crippen LogP contribution in [0, 0.1) is 0 Å². The molecule has 4 N–H and O–H groups in total. The van der Waals surface area contributed by atoms with E-state index < -0.39 is 10.4 Å². The van der Waals surface area contributed by atoms with Gasteiger partial charge in [-0.2, -0.15) is 8.42 Å². The highest BCUT2D eigenvalue weighted by molar-refractivity contribution is 7.80. The summed E-state index contributed by atoms with van der Waals surface area (Å²) < 4.78 is 34.1. The van der Waals surface area contributed by atoms with Gasteiger partial charge >= 0.3 is 16.4 Å². The van der Waals surface area contributed by atoms with E-state index in [1.807, 2.05) is 26.0 Å². The molecule has 8 nitrogen and oxygen atoms in total. The van der Waals surface area contributed by atoms with Gasteiger partial charge in [0.05, 0.1) is 13.7 Å². The Morgan fingerprint density at radius 3 is 1.72 bits per heavy atom. The molecule has 0 rings (SSSR count). The number of rotatable bonds is 3. The van der Waals surface area contributed by atoms with Gasteiger partial charge in [0.1, 0.15) is 0 Å². The van der Waals surface area contributed by atoms with Crippen molar-refractivity contribution in [3.63, 3.8) is 0 Å². The van der Waals surface area contributed by atoms with Gasteiger partial charge in [-0.05, 0) is 28.1 Å². The van der Waals surface area contributed by atoms with Crippen molar-refractivity contribution in [3.8, 4) is 0 Å². The summed E-state index contributed by atoms with van der Waals surface area (Å²) in [6.45, 7) is 5.38. The standard InChI is InChI=1S/C5H8O2.C3H9N.CH4O4S.H3N/c1-3-5(6)7-4-2;1-4(2)3;1-5-6(2,3)4;/h3H,1,4H2,2H3;1-3H3;1H3,(H,2,3,4);1H3. The predicted octanol–water partition coefficient (Wildman–Crippen LogP) is 0.511. The minimum absolute atomic E-state index is 0. The number of carbonyl (C=O) groups is 1. The van der Waals surface area contributed by atoms with Crippen LogP contribution in [-0.2, 0) is 24.1 Å². The van der Waals surface area contributed by atoms with Gasteiger partial charge in [0, 0.05) is 6.08 Å². The first-order chi connectivity index (χ1) is 7.60. The van der Waals surface area contributed by atoms with E-state index >= 15 is 0 Å². The molecule has 9 heteroatoms. The van der Waals surface area contributed by atoms with E-state index in [4.69, 9.17) is 4.55 Å². The van der Waals surface area contributed by atoms with E-state index in [1.54, 1.807) is 6.92 Å². The van der Waals surface area contributed by atoms with Crippen LogP contribution in [-0.4, -0.2) is 58.7 Å². The maximum Gasteiger partial charge on any atom is 0.397 e. The Morgan fingerprint density at radius 2 is 1.67 bits per heavy atom. The first-order valence-corrected chi connectivity index (χ1v) is 5.90. The minimum Gasteiger partial charge on any atom is -0.463 e. The number of hydrogen-bond donors (Lipinski definition) is 2. The van der Waals surface area contributed by atoms with Crippen LogP contribution in [0.3, 0.4) is 0 Å². The average Bonchev–Trinajstić information content (AvgIpc) is 2.17. The second kappa shape index (κ2) is 16.0. The molecule has 0 saturated carbocycles. The van der Waals surface area contributed by atoms with Crippen molar-refractivity contribution in [2.24, 2.45) is 0 Å². The van der Waals surface area contributed by atoms with E-state index in [9.17, 15) is 13.2 Å². The van der Waals surface area contributed by atoms with E-state index in [-0.39, 0.29) is 12.1 Å². The van der Waals surface area contributed by atoms with Crippen molar-refractivity contribution < 1.29 is 26.7 Å². The molecule has 0 aliphatic heterocycles. The van der Waals surface area contributed by atoms with Crippen LogP contribution in [0.2, 0.25) is 0 Å². The van der Waals surface area contributed by atoms with Gasteiger partial charge < -0.3 is 15.8 Å². The van der Waals surface area contributed by atoms with Crippen molar-refractivity contribution in [2.75, 3.05) is 34.9 Å². The Hall–Kier alpha value is -1.00. The van der Waals surface area contributed by atoms with Crippen molar-refractivity contribution in [3.05, 3.63) is 12.7 Å². The number of hydrogen-bond acceptors (Lipinski definition) is 7. The molecule has 18 heavy (non-hydrogen) atoms. The molecular weight excluding hydrogens is 264 g/mol. The molecule has 0 saturated heterocycles. The maximum absolute atomic E-state index is 10.1. The fourth-order valence-corrected chi connectivity index (χ4v) is 0.201. The summed E-state index contributed by atoms with van der Waals surface area (Å²) in [6, 6.07) is 0. The molecular formula is C9H24N2O6S. The van der Waals surface area contributed by atoms with E-state index in [0.29, 0.717) is 6.61 Å². The van der Waals surface area contributed by atoms with Crippen LogP contribution in [0.25, 0.3) is 0 Å². The fraction of sp³-hybridized carbons (Fsp3) is 0.667. The van der Waals surface area contributed by atoms with Crippen LogP contribution in [0.5, 0.6) is 0 Å². The third kappa shape index (κ3) is 60.0. The third-order valence-corrected chi connectivity index (χ3v) is 1.09. The number of ether oxygens (including phenoxy) is 1. The summed E-state index contributed by atoms with van der Waals surface area (Å²) in [6.07, 6.45) is 1.14. The van der Waals surface area contributed by atoms with Gasteiger partial charge in [-0.15, -0.1) is 0 Å². The second-order valence-electron chi connectivity index (χ2n) is 2.89. The lowest BCUT2D eigenvalue weighted by Crippen LogP contribution is -1.99. The zero-order valence-electron chi connectivity index (χ0n) is 11.5. The first kappa shape index (κ1) is 25.8. The molecule has 0 radical (unpaired) electrons. The Kier molecular flexibility index (Phi) is 22.9. The van der Waals surface area contributed by atoms with Gasteiger partial charge in [-0.25, -0.2) is 4.79 Å².